The van der Waals surface area contributed by atoms with Crippen molar-refractivity contribution in [1.82, 2.24) is 24.1 Å². The molecule has 1 unspecified atom stereocenters. The number of aryl methyl sites for hydroxylation is 1. The molecule has 1 fully saturated rings. The van der Waals surface area contributed by atoms with Crippen LogP contribution in [0, 0.1) is 0 Å². The Morgan fingerprint density at radius 1 is 1.15 bits per heavy atom. The van der Waals surface area contributed by atoms with Crippen LogP contribution in [-0.4, -0.2) is 36.7 Å². The van der Waals surface area contributed by atoms with E-state index in [1.165, 1.54) is 4.57 Å². The number of nitrogens with one attached hydrogen (secondary N) is 1. The molecular weight excluding hydrogens is 344 g/mol. The zero-order chi connectivity index (χ0) is 19.1. The van der Waals surface area contributed by atoms with Crippen molar-refractivity contribution in [3.8, 4) is 11.4 Å². The maximum Gasteiger partial charge on any atom is 0.332 e. The fourth-order valence-electron chi connectivity index (χ4n) is 3.40. The van der Waals surface area contributed by atoms with Crippen LogP contribution in [-0.2, 0) is 13.1 Å². The lowest BCUT2D eigenvalue weighted by Gasteiger charge is -2.09. The molecule has 4 rings (SSSR count). The third-order valence-electron chi connectivity index (χ3n) is 4.93. The summed E-state index contributed by atoms with van der Waals surface area (Å²) in [6, 6.07) is 4.44. The van der Waals surface area contributed by atoms with Crippen LogP contribution in [0.3, 0.4) is 0 Å². The summed E-state index contributed by atoms with van der Waals surface area (Å²) in [4.78, 5) is 39.9. The van der Waals surface area contributed by atoms with Crippen molar-refractivity contribution in [3.63, 3.8) is 0 Å². The fourth-order valence-corrected chi connectivity index (χ4v) is 3.40. The van der Waals surface area contributed by atoms with Gasteiger partial charge in [-0.25, -0.2) is 14.8 Å². The molecule has 1 aliphatic heterocycles. The molecule has 1 atom stereocenters. The number of fused-ring (bicyclic) bond motifs is 1. The zero-order valence-corrected chi connectivity index (χ0v) is 15.9. The number of aromatic amines is 1. The molecule has 4 heterocycles. The lowest BCUT2D eigenvalue weighted by Crippen LogP contribution is -2.40. The number of hydrogen-bond donors (Lipinski definition) is 1. The molecule has 0 aliphatic carbocycles. The summed E-state index contributed by atoms with van der Waals surface area (Å²) < 4.78 is 2.88. The van der Waals surface area contributed by atoms with Gasteiger partial charge >= 0.3 is 5.69 Å². The molecule has 0 amide bonds. The molecule has 0 saturated carbocycles. The van der Waals surface area contributed by atoms with Crippen LogP contribution in [0.15, 0.2) is 27.9 Å². The van der Waals surface area contributed by atoms with E-state index in [2.05, 4.69) is 26.8 Å². The lowest BCUT2D eigenvalue weighted by molar-refractivity contribution is 0.555. The van der Waals surface area contributed by atoms with Gasteiger partial charge in [-0.2, -0.15) is 0 Å². The fraction of sp³-hybridized carbons (Fsp3) is 0.474. The van der Waals surface area contributed by atoms with Crippen molar-refractivity contribution in [3.05, 3.63) is 39.2 Å². The highest BCUT2D eigenvalue weighted by molar-refractivity contribution is 5.75. The van der Waals surface area contributed by atoms with Crippen LogP contribution in [0.5, 0.6) is 0 Å². The predicted molar refractivity (Wildman–Crippen MR) is 105 cm³/mol. The van der Waals surface area contributed by atoms with Crippen molar-refractivity contribution in [2.24, 2.45) is 0 Å². The van der Waals surface area contributed by atoms with Gasteiger partial charge in [-0.05, 0) is 31.9 Å². The second-order valence-corrected chi connectivity index (χ2v) is 7.08. The molecule has 0 spiro atoms. The summed E-state index contributed by atoms with van der Waals surface area (Å²) in [6.07, 6.45) is 3.25. The first kappa shape index (κ1) is 17.5. The van der Waals surface area contributed by atoms with Gasteiger partial charge in [-0.3, -0.25) is 13.9 Å². The van der Waals surface area contributed by atoms with Gasteiger partial charge in [0.25, 0.3) is 5.56 Å². The zero-order valence-electron chi connectivity index (χ0n) is 15.9. The van der Waals surface area contributed by atoms with Crippen molar-refractivity contribution in [1.29, 1.82) is 0 Å². The average molecular weight is 368 g/mol. The molecule has 8 nitrogen and oxygen atoms in total. The van der Waals surface area contributed by atoms with Crippen molar-refractivity contribution in [2.75, 3.05) is 11.4 Å². The number of nitrogens with zero attached hydrogens (tertiary/aromatic N) is 5. The Balaban J connectivity index is 1.83. The standard InChI is InChI=1S/C19H24N6O2/c1-4-8-23-17-15(18(26)24(9-5-2)19(23)27)21-16(22-17)13-6-7-14(20-10-13)25-11-12(25)3/h6-7,10,12H,4-5,8-9,11H2,1-3H3,(H,21,22). The predicted octanol–water partition coefficient (Wildman–Crippen LogP) is 1.98. The Labute approximate surface area is 156 Å². The highest BCUT2D eigenvalue weighted by Crippen LogP contribution is 2.27. The number of aromatic nitrogens is 5. The Morgan fingerprint density at radius 3 is 2.44 bits per heavy atom. The number of anilines is 1. The first-order valence-corrected chi connectivity index (χ1v) is 9.51. The molecule has 27 heavy (non-hydrogen) atoms. The molecular formula is C19H24N6O2. The van der Waals surface area contributed by atoms with Gasteiger partial charge < -0.3 is 9.88 Å². The van der Waals surface area contributed by atoms with Crippen molar-refractivity contribution in [2.45, 2.75) is 52.7 Å². The monoisotopic (exact) mass is 368 g/mol. The van der Waals surface area contributed by atoms with Gasteiger partial charge in [-0.1, -0.05) is 13.8 Å². The van der Waals surface area contributed by atoms with E-state index in [0.29, 0.717) is 42.5 Å². The third kappa shape index (κ3) is 2.94. The van der Waals surface area contributed by atoms with Crippen LogP contribution in [0.25, 0.3) is 22.6 Å². The summed E-state index contributed by atoms with van der Waals surface area (Å²) in [5.41, 5.74) is 0.970. The van der Waals surface area contributed by atoms with Gasteiger partial charge in [0.05, 0.1) is 0 Å². The number of rotatable bonds is 6. The third-order valence-corrected chi connectivity index (χ3v) is 4.93. The van der Waals surface area contributed by atoms with E-state index in [1.807, 2.05) is 26.0 Å². The Bertz CT molecular complexity index is 1090. The van der Waals surface area contributed by atoms with Crippen LogP contribution in [0.4, 0.5) is 5.82 Å². The Hall–Kier alpha value is -2.90. The Morgan fingerprint density at radius 2 is 1.85 bits per heavy atom. The van der Waals surface area contributed by atoms with Crippen LogP contribution >= 0.6 is 0 Å². The van der Waals surface area contributed by atoms with Crippen molar-refractivity contribution < 1.29 is 0 Å². The van der Waals surface area contributed by atoms with E-state index >= 15 is 0 Å². The van der Waals surface area contributed by atoms with E-state index in [0.717, 1.165) is 24.3 Å². The first-order valence-electron chi connectivity index (χ1n) is 9.51. The van der Waals surface area contributed by atoms with Crippen molar-refractivity contribution >= 4 is 17.0 Å². The summed E-state index contributed by atoms with van der Waals surface area (Å²) >= 11 is 0. The topological polar surface area (TPSA) is 88.6 Å². The van der Waals surface area contributed by atoms with Gasteiger partial charge in [-0.15, -0.1) is 0 Å². The number of imidazole rings is 1. The molecule has 3 aromatic rings. The number of pyridine rings is 1. The smallest absolute Gasteiger partial charge is 0.332 e. The minimum Gasteiger partial charge on any atom is -0.350 e. The molecule has 3 aromatic heterocycles. The molecule has 0 bridgehead atoms. The van der Waals surface area contributed by atoms with Crippen LogP contribution < -0.4 is 16.1 Å². The molecule has 0 radical (unpaired) electrons. The van der Waals surface area contributed by atoms with Gasteiger partial charge in [0.2, 0.25) is 0 Å². The molecule has 0 aromatic carbocycles. The first-order chi connectivity index (χ1) is 13.0. The molecule has 1 saturated heterocycles. The van der Waals surface area contributed by atoms with E-state index in [9.17, 15) is 9.59 Å². The summed E-state index contributed by atoms with van der Waals surface area (Å²) in [5, 5.41) is 0. The highest BCUT2D eigenvalue weighted by Gasteiger charge is 2.30. The molecule has 142 valence electrons. The molecule has 1 aliphatic rings. The van der Waals surface area contributed by atoms with E-state index in [-0.39, 0.29) is 11.2 Å². The van der Waals surface area contributed by atoms with Gasteiger partial charge in [0, 0.05) is 37.4 Å². The van der Waals surface area contributed by atoms with Gasteiger partial charge in [0.15, 0.2) is 5.65 Å². The van der Waals surface area contributed by atoms with E-state index < -0.39 is 0 Å². The highest BCUT2D eigenvalue weighted by atomic mass is 16.2. The van der Waals surface area contributed by atoms with E-state index in [4.69, 9.17) is 0 Å². The quantitative estimate of drug-likeness (QED) is 0.672. The Kier molecular flexibility index (Phi) is 4.33. The van der Waals surface area contributed by atoms with E-state index in [1.54, 1.807) is 10.8 Å². The summed E-state index contributed by atoms with van der Waals surface area (Å²) in [6.45, 7) is 8.05. The number of hydrogen-bond acceptors (Lipinski definition) is 5. The van der Waals surface area contributed by atoms with Crippen LogP contribution in [0.2, 0.25) is 0 Å². The second kappa shape index (κ2) is 6.68. The summed E-state index contributed by atoms with van der Waals surface area (Å²) in [7, 11) is 0. The molecule has 8 heteroatoms. The average Bonchev–Trinajstić information content (AvgIpc) is 3.23. The normalized spacial score (nSPS) is 16.3. The lowest BCUT2D eigenvalue weighted by atomic mass is 10.2. The summed E-state index contributed by atoms with van der Waals surface area (Å²) in [5.74, 6) is 1.49. The minimum absolute atomic E-state index is 0.293. The van der Waals surface area contributed by atoms with Crippen LogP contribution in [0.1, 0.15) is 33.6 Å². The maximum atomic E-state index is 12.8. The minimum atomic E-state index is -0.314. The maximum absolute atomic E-state index is 12.8. The molecule has 1 N–H and O–H groups in total. The second-order valence-electron chi connectivity index (χ2n) is 7.08. The largest absolute Gasteiger partial charge is 0.350 e. The van der Waals surface area contributed by atoms with Gasteiger partial charge in [0.1, 0.15) is 17.2 Å². The number of H-pyrrole nitrogens is 1. The SMILES string of the molecule is CCCn1c(=O)c2[nH]c(-c3ccc(N4CC4C)nc3)nc2n(CCC)c1=O.